The summed E-state index contributed by atoms with van der Waals surface area (Å²) in [6.07, 6.45) is -8.16. The van der Waals surface area contributed by atoms with Gasteiger partial charge in [0.1, 0.15) is 11.8 Å². The average Bonchev–Trinajstić information content (AvgIpc) is 3.26. The fraction of sp³-hybridized carbons (Fsp3) is 0.462. The lowest BCUT2D eigenvalue weighted by Crippen LogP contribution is -2.57. The van der Waals surface area contributed by atoms with Crippen LogP contribution in [0.2, 0.25) is 10.2 Å². The molecule has 1 saturated heterocycles. The highest BCUT2D eigenvalue weighted by atomic mass is 35.5. The minimum absolute atomic E-state index is 0.0215. The van der Waals surface area contributed by atoms with Crippen molar-refractivity contribution in [2.75, 3.05) is 18.4 Å². The smallest absolute Gasteiger partial charge is 0.388 e. The number of benzene rings is 1. The van der Waals surface area contributed by atoms with Gasteiger partial charge in [0.25, 0.3) is 11.8 Å². The van der Waals surface area contributed by atoms with E-state index in [-0.39, 0.29) is 58.4 Å². The fourth-order valence-electron chi connectivity index (χ4n) is 4.62. The molecule has 1 aromatic carbocycles. The zero-order valence-corrected chi connectivity index (χ0v) is 24.2. The summed E-state index contributed by atoms with van der Waals surface area (Å²) in [6.45, 7) is 1.95. The number of rotatable bonds is 8. The van der Waals surface area contributed by atoms with E-state index >= 15 is 0 Å². The number of halogens is 7. The van der Waals surface area contributed by atoms with Crippen molar-refractivity contribution < 1.29 is 41.8 Å². The molecule has 0 saturated carbocycles. The number of amides is 2. The Hall–Kier alpha value is -3.27. The van der Waals surface area contributed by atoms with Gasteiger partial charge < -0.3 is 25.7 Å². The first-order valence-electron chi connectivity index (χ1n) is 12.9. The lowest BCUT2D eigenvalue weighted by Gasteiger charge is -2.38. The Morgan fingerprint density at radius 3 is 2.44 bits per heavy atom. The molecule has 4 rings (SSSR count). The van der Waals surface area contributed by atoms with Gasteiger partial charge in [-0.2, -0.15) is 27.1 Å². The molecular formula is C26H27Cl2F5N6O4. The Morgan fingerprint density at radius 1 is 1.14 bits per heavy atom. The van der Waals surface area contributed by atoms with Gasteiger partial charge in [-0.1, -0.05) is 23.2 Å². The largest absolute Gasteiger partial charge is 0.433 e. The SMILES string of the molecule is CC(C)(O)C(O)Cn1cc(C(=O)N[C@H]2C[C@@H](Nc3cc(C(F)(F)F)nc4ccc(Cl)cc34)CN(C(=O)C(F)F)C2)c(Cl)n1. The average molecular weight is 653 g/mol. The number of hydrogen-bond acceptors (Lipinski definition) is 7. The van der Waals surface area contributed by atoms with Crippen LogP contribution < -0.4 is 10.6 Å². The highest BCUT2D eigenvalue weighted by Crippen LogP contribution is 2.35. The van der Waals surface area contributed by atoms with E-state index in [1.807, 2.05) is 0 Å². The molecule has 1 aliphatic rings. The monoisotopic (exact) mass is 652 g/mol. The highest BCUT2D eigenvalue weighted by Gasteiger charge is 2.37. The summed E-state index contributed by atoms with van der Waals surface area (Å²) in [7, 11) is 0. The Morgan fingerprint density at radius 2 is 1.81 bits per heavy atom. The molecule has 10 nitrogen and oxygen atoms in total. The second-order valence-corrected chi connectivity index (χ2v) is 11.5. The van der Waals surface area contributed by atoms with Crippen LogP contribution in [0.5, 0.6) is 0 Å². The predicted octanol–water partition coefficient (Wildman–Crippen LogP) is 3.97. The van der Waals surface area contributed by atoms with Gasteiger partial charge in [-0.15, -0.1) is 0 Å². The number of aliphatic hydroxyl groups is 2. The summed E-state index contributed by atoms with van der Waals surface area (Å²) in [4.78, 5) is 29.8. The second kappa shape index (κ2) is 12.4. The van der Waals surface area contributed by atoms with E-state index < -0.39 is 53.9 Å². The number of pyridine rings is 1. The number of carbonyl (C=O) groups excluding carboxylic acids is 2. The van der Waals surface area contributed by atoms with E-state index in [1.54, 1.807) is 0 Å². The first-order valence-corrected chi connectivity index (χ1v) is 13.6. The summed E-state index contributed by atoms with van der Waals surface area (Å²) in [5, 5.41) is 29.7. The van der Waals surface area contributed by atoms with Gasteiger partial charge in [-0.05, 0) is 44.5 Å². The number of aliphatic hydroxyl groups excluding tert-OH is 1. The summed E-state index contributed by atoms with van der Waals surface area (Å²) >= 11 is 12.2. The van der Waals surface area contributed by atoms with Crippen LogP contribution in [0.25, 0.3) is 10.9 Å². The van der Waals surface area contributed by atoms with E-state index in [4.69, 9.17) is 23.2 Å². The number of carbonyl (C=O) groups is 2. The third kappa shape index (κ3) is 7.82. The van der Waals surface area contributed by atoms with Crippen LogP contribution in [0.3, 0.4) is 0 Å². The van der Waals surface area contributed by atoms with Crippen molar-refractivity contribution in [1.29, 1.82) is 0 Å². The fourth-order valence-corrected chi connectivity index (χ4v) is 5.02. The third-order valence-corrected chi connectivity index (χ3v) is 7.36. The zero-order valence-electron chi connectivity index (χ0n) is 22.7. The summed E-state index contributed by atoms with van der Waals surface area (Å²) < 4.78 is 68.7. The van der Waals surface area contributed by atoms with E-state index in [2.05, 4.69) is 20.7 Å². The molecule has 0 radical (unpaired) electrons. The number of piperidine rings is 1. The molecule has 0 spiro atoms. The van der Waals surface area contributed by atoms with Gasteiger partial charge in [0.05, 0.1) is 23.2 Å². The molecule has 3 heterocycles. The molecule has 1 aliphatic heterocycles. The number of nitrogens with zero attached hydrogens (tertiary/aromatic N) is 4. The van der Waals surface area contributed by atoms with Crippen molar-refractivity contribution in [1.82, 2.24) is 25.0 Å². The molecule has 17 heteroatoms. The van der Waals surface area contributed by atoms with Crippen molar-refractivity contribution in [3.8, 4) is 0 Å². The molecule has 2 aromatic heterocycles. The van der Waals surface area contributed by atoms with Gasteiger partial charge in [0.15, 0.2) is 5.15 Å². The minimum Gasteiger partial charge on any atom is -0.388 e. The molecular weight excluding hydrogens is 626 g/mol. The summed E-state index contributed by atoms with van der Waals surface area (Å²) in [5.74, 6) is -2.29. The third-order valence-electron chi connectivity index (χ3n) is 6.84. The van der Waals surface area contributed by atoms with Gasteiger partial charge in [0, 0.05) is 47.5 Å². The Balaban J connectivity index is 1.60. The Labute approximate surface area is 251 Å². The maximum Gasteiger partial charge on any atom is 0.433 e. The lowest BCUT2D eigenvalue weighted by atomic mass is 9.99. The molecule has 1 fully saturated rings. The topological polar surface area (TPSA) is 133 Å². The Bertz CT molecular complexity index is 1510. The van der Waals surface area contributed by atoms with Crippen molar-refractivity contribution in [3.05, 3.63) is 51.9 Å². The molecule has 43 heavy (non-hydrogen) atoms. The van der Waals surface area contributed by atoms with Gasteiger partial charge in [0.2, 0.25) is 0 Å². The van der Waals surface area contributed by atoms with E-state index in [9.17, 15) is 41.8 Å². The van der Waals surface area contributed by atoms with Crippen molar-refractivity contribution in [2.24, 2.45) is 0 Å². The van der Waals surface area contributed by atoms with E-state index in [1.165, 1.54) is 38.2 Å². The number of nitrogens with one attached hydrogen (secondary N) is 2. The summed E-state index contributed by atoms with van der Waals surface area (Å²) in [5.41, 5.74) is -2.87. The first-order chi connectivity index (χ1) is 19.9. The van der Waals surface area contributed by atoms with Crippen LogP contribution in [-0.2, 0) is 17.5 Å². The molecule has 4 N–H and O–H groups in total. The quantitative estimate of drug-likeness (QED) is 0.271. The van der Waals surface area contributed by atoms with Crippen LogP contribution in [0, 0.1) is 0 Å². The molecule has 0 bridgehead atoms. The highest BCUT2D eigenvalue weighted by molar-refractivity contribution is 6.32. The second-order valence-electron chi connectivity index (χ2n) is 10.7. The molecule has 3 aromatic rings. The van der Waals surface area contributed by atoms with Crippen molar-refractivity contribution in [2.45, 2.75) is 63.2 Å². The van der Waals surface area contributed by atoms with Crippen molar-refractivity contribution >= 4 is 51.6 Å². The van der Waals surface area contributed by atoms with Gasteiger partial charge in [-0.25, -0.2) is 4.98 Å². The van der Waals surface area contributed by atoms with E-state index in [0.29, 0.717) is 0 Å². The maximum absolute atomic E-state index is 13.6. The normalized spacial score (nSPS) is 18.7. The minimum atomic E-state index is -4.79. The zero-order chi connectivity index (χ0) is 31.9. The van der Waals surface area contributed by atoms with Gasteiger partial charge in [-0.3, -0.25) is 14.3 Å². The molecule has 234 valence electrons. The number of fused-ring (bicyclic) bond motifs is 1. The molecule has 2 amide bonds. The molecule has 0 aliphatic carbocycles. The van der Waals surface area contributed by atoms with Gasteiger partial charge >= 0.3 is 12.6 Å². The number of aromatic nitrogens is 3. The molecule has 1 unspecified atom stereocenters. The number of alkyl halides is 5. The summed E-state index contributed by atoms with van der Waals surface area (Å²) in [6, 6.07) is 3.02. The maximum atomic E-state index is 13.6. The van der Waals surface area contributed by atoms with Crippen molar-refractivity contribution in [3.63, 3.8) is 0 Å². The van der Waals surface area contributed by atoms with Crippen LogP contribution in [0.15, 0.2) is 30.5 Å². The standard InChI is InChI=1S/C26H27Cl2F5N6O4/c1-25(2,43)20(40)11-39-10-16(21(28)37-39)23(41)35-14-6-13(8-38(9-14)24(42)22(29)30)34-18-7-19(26(31,32)33)36-17-4-3-12(27)5-15(17)18/h3-5,7,10,13-14,20,22,40,43H,6,8-9,11H2,1-2H3,(H,34,36)(H,35,41)/t13-,14+,20?/m1/s1. The number of anilines is 1. The van der Waals surface area contributed by atoms with E-state index in [0.717, 1.165) is 15.6 Å². The number of hydrogen-bond donors (Lipinski definition) is 4. The van der Waals surface area contributed by atoms with Crippen LogP contribution in [0.4, 0.5) is 27.6 Å². The number of likely N-dealkylation sites (tertiary alicyclic amines) is 1. The lowest BCUT2D eigenvalue weighted by molar-refractivity contribution is -0.144. The van der Waals surface area contributed by atoms with Crippen LogP contribution in [-0.4, -0.2) is 85.0 Å². The first kappa shape index (κ1) is 32.6. The van der Waals surface area contributed by atoms with Crippen LogP contribution >= 0.6 is 23.2 Å². The Kier molecular flexibility index (Phi) is 9.40. The predicted molar refractivity (Wildman–Crippen MR) is 147 cm³/mol. The molecule has 3 atom stereocenters. The van der Waals surface area contributed by atoms with Crippen LogP contribution in [0.1, 0.15) is 36.3 Å².